The number of hydrogen-bond donors (Lipinski definition) is 9. The van der Waals surface area contributed by atoms with Crippen molar-refractivity contribution in [1.82, 2.24) is 5.32 Å². The minimum atomic E-state index is -1.78. The largest absolute Gasteiger partial charge is 0.394 e. The van der Waals surface area contributed by atoms with E-state index < -0.39 is 86.8 Å². The van der Waals surface area contributed by atoms with Gasteiger partial charge in [0.05, 0.1) is 32.0 Å². The van der Waals surface area contributed by atoms with Crippen molar-refractivity contribution in [3.05, 3.63) is 36.5 Å². The molecule has 0 aromatic heterocycles. The summed E-state index contributed by atoms with van der Waals surface area (Å²) in [7, 11) is 0. The van der Waals surface area contributed by atoms with Gasteiger partial charge in [-0.3, -0.25) is 4.79 Å². The fourth-order valence-corrected chi connectivity index (χ4v) is 9.13. The molecule has 0 aromatic carbocycles. The molecular weight excluding hydrogens is 883 g/mol. The number of carbonyl (C=O) groups excluding carboxylic acids is 1. The van der Waals surface area contributed by atoms with Gasteiger partial charge in [0.25, 0.3) is 0 Å². The van der Waals surface area contributed by atoms with E-state index in [1.54, 1.807) is 0 Å². The zero-order chi connectivity index (χ0) is 50.3. The number of nitrogens with one attached hydrogen (secondary N) is 1. The van der Waals surface area contributed by atoms with E-state index in [9.17, 15) is 45.6 Å². The van der Waals surface area contributed by atoms with E-state index in [1.165, 1.54) is 103 Å². The summed E-state index contributed by atoms with van der Waals surface area (Å²) in [6.45, 7) is 2.74. The van der Waals surface area contributed by atoms with E-state index >= 15 is 0 Å². The Morgan fingerprint density at radius 2 is 1.00 bits per heavy atom. The van der Waals surface area contributed by atoms with Crippen LogP contribution in [-0.2, 0) is 23.7 Å². The molecule has 0 aromatic rings. The summed E-state index contributed by atoms with van der Waals surface area (Å²) in [5, 5.41) is 87.1. The lowest BCUT2D eigenvalue weighted by Crippen LogP contribution is -2.65. The second-order valence-corrected chi connectivity index (χ2v) is 19.7. The second kappa shape index (κ2) is 41.7. The fourth-order valence-electron chi connectivity index (χ4n) is 9.13. The van der Waals surface area contributed by atoms with Gasteiger partial charge in [-0.05, 0) is 44.9 Å². The fraction of sp³-hybridized carbons (Fsp3) is 0.873. The van der Waals surface area contributed by atoms with Gasteiger partial charge in [0, 0.05) is 6.42 Å². The van der Waals surface area contributed by atoms with Crippen molar-refractivity contribution in [2.24, 2.45) is 0 Å². The van der Waals surface area contributed by atoms with Crippen molar-refractivity contribution in [3.8, 4) is 0 Å². The first kappa shape index (κ1) is 63.3. The Bertz CT molecular complexity index is 1300. The number of unbranched alkanes of at least 4 members (excludes halogenated alkanes) is 24. The average Bonchev–Trinajstić information content (AvgIpc) is 3.35. The number of amides is 1. The second-order valence-electron chi connectivity index (χ2n) is 19.7. The molecule has 2 rings (SSSR count). The summed E-state index contributed by atoms with van der Waals surface area (Å²) in [5.41, 5.74) is 0. The Kier molecular flexibility index (Phi) is 38.2. The molecule has 69 heavy (non-hydrogen) atoms. The normalized spacial score (nSPS) is 26.4. The van der Waals surface area contributed by atoms with Crippen LogP contribution in [0.4, 0.5) is 0 Å². The molecule has 12 atom stereocenters. The third-order valence-corrected chi connectivity index (χ3v) is 13.6. The molecule has 2 aliphatic heterocycles. The highest BCUT2D eigenvalue weighted by Crippen LogP contribution is 2.30. The Labute approximate surface area is 417 Å². The Hall–Kier alpha value is -1.79. The Morgan fingerprint density at radius 3 is 1.54 bits per heavy atom. The smallest absolute Gasteiger partial charge is 0.220 e. The number of carbonyl (C=O) groups is 1. The summed E-state index contributed by atoms with van der Waals surface area (Å²) in [6, 6.07) is -0.837. The molecule has 2 saturated heterocycles. The quantitative estimate of drug-likeness (QED) is 0.0207. The van der Waals surface area contributed by atoms with Crippen molar-refractivity contribution in [3.63, 3.8) is 0 Å². The summed E-state index contributed by atoms with van der Waals surface area (Å²) < 4.78 is 22.8. The van der Waals surface area contributed by atoms with Crippen molar-refractivity contribution in [2.45, 2.75) is 286 Å². The molecule has 404 valence electrons. The number of allylic oxidation sites excluding steroid dienone is 6. The van der Waals surface area contributed by atoms with Crippen LogP contribution in [0.25, 0.3) is 0 Å². The van der Waals surface area contributed by atoms with Crippen molar-refractivity contribution < 1.29 is 64.6 Å². The predicted molar refractivity (Wildman–Crippen MR) is 272 cm³/mol. The minimum Gasteiger partial charge on any atom is -0.394 e. The molecule has 0 spiro atoms. The van der Waals surface area contributed by atoms with Crippen LogP contribution in [0.5, 0.6) is 0 Å². The third-order valence-electron chi connectivity index (χ3n) is 13.6. The van der Waals surface area contributed by atoms with Gasteiger partial charge in [0.2, 0.25) is 5.91 Å². The molecule has 0 saturated carbocycles. The SMILES string of the molecule is CC/C=C\C/C=C\C/C=C\CCCCCCCC(=O)NC(COC1OC(CO)C(OC2OC(CO)C(O)C(O)C2O)C(O)C1O)C(O)CCCCCCCCCCCCCCCCCCCCCC. The standard InChI is InChI=1S/C55H101NO13/c1-3-5-7-9-11-13-15-17-19-20-21-22-23-25-26-28-30-32-34-36-38-44(59)43(56-47(60)39-37-35-33-31-29-27-24-18-16-14-12-10-8-6-4-2)42-66-54-52(65)50(63)53(46(41-58)68-54)69-55-51(64)49(62)48(61)45(40-57)67-55/h6,8,12,14,18,24,43-46,48-55,57-59,61-65H,3-5,7,9-11,13,15-17,19-23,25-42H2,1-2H3,(H,56,60)/b8-6-,14-12-,24-18-. The molecule has 2 fully saturated rings. The zero-order valence-electron chi connectivity index (χ0n) is 43.1. The lowest BCUT2D eigenvalue weighted by Gasteiger charge is -2.46. The molecule has 0 bridgehead atoms. The summed E-state index contributed by atoms with van der Waals surface area (Å²) in [4.78, 5) is 13.2. The topological polar surface area (TPSA) is 228 Å². The van der Waals surface area contributed by atoms with Crippen LogP contribution in [0.15, 0.2) is 36.5 Å². The van der Waals surface area contributed by atoms with Gasteiger partial charge < -0.3 is 65.1 Å². The molecule has 0 aliphatic carbocycles. The van der Waals surface area contributed by atoms with Crippen molar-refractivity contribution >= 4 is 5.91 Å². The highest BCUT2D eigenvalue weighted by molar-refractivity contribution is 5.76. The Morgan fingerprint density at radius 1 is 0.536 bits per heavy atom. The van der Waals surface area contributed by atoms with Gasteiger partial charge in [0.15, 0.2) is 12.6 Å². The van der Waals surface area contributed by atoms with Crippen LogP contribution >= 0.6 is 0 Å². The molecule has 1 amide bonds. The average molecular weight is 984 g/mol. The summed E-state index contributed by atoms with van der Waals surface area (Å²) in [6.07, 6.45) is 31.4. The number of rotatable bonds is 43. The maximum Gasteiger partial charge on any atom is 0.220 e. The molecule has 9 N–H and O–H groups in total. The van der Waals surface area contributed by atoms with Gasteiger partial charge in [-0.15, -0.1) is 0 Å². The molecule has 14 heteroatoms. The maximum atomic E-state index is 13.2. The molecule has 2 aliphatic rings. The first-order valence-corrected chi connectivity index (χ1v) is 27.7. The van der Waals surface area contributed by atoms with E-state index in [0.29, 0.717) is 12.8 Å². The Balaban J connectivity index is 1.79. The lowest BCUT2D eigenvalue weighted by molar-refractivity contribution is -0.359. The highest BCUT2D eigenvalue weighted by atomic mass is 16.7. The van der Waals surface area contributed by atoms with Gasteiger partial charge >= 0.3 is 0 Å². The van der Waals surface area contributed by atoms with E-state index in [1.807, 2.05) is 0 Å². The summed E-state index contributed by atoms with van der Waals surface area (Å²) in [5.74, 6) is -0.223. The first-order chi connectivity index (χ1) is 33.6. The number of ether oxygens (including phenoxy) is 4. The van der Waals surface area contributed by atoms with Gasteiger partial charge in [0.1, 0.15) is 48.8 Å². The van der Waals surface area contributed by atoms with Crippen LogP contribution in [0.2, 0.25) is 0 Å². The van der Waals surface area contributed by atoms with E-state index in [4.69, 9.17) is 18.9 Å². The monoisotopic (exact) mass is 984 g/mol. The third kappa shape index (κ3) is 28.3. The lowest BCUT2D eigenvalue weighted by atomic mass is 9.97. The molecule has 14 nitrogen and oxygen atoms in total. The molecule has 12 unspecified atom stereocenters. The number of aliphatic hydroxyl groups is 8. The van der Waals surface area contributed by atoms with Crippen LogP contribution < -0.4 is 5.32 Å². The molecular formula is C55H101NO13. The number of hydrogen-bond acceptors (Lipinski definition) is 13. The minimum absolute atomic E-state index is 0.223. The number of aliphatic hydroxyl groups excluding tert-OH is 8. The van der Waals surface area contributed by atoms with Crippen LogP contribution in [-0.4, -0.2) is 140 Å². The van der Waals surface area contributed by atoms with Crippen LogP contribution in [0, 0.1) is 0 Å². The molecule has 0 radical (unpaired) electrons. The van der Waals surface area contributed by atoms with Gasteiger partial charge in [-0.1, -0.05) is 198 Å². The highest BCUT2D eigenvalue weighted by Gasteiger charge is 2.51. The van der Waals surface area contributed by atoms with E-state index in [0.717, 1.165) is 77.0 Å². The molecule has 2 heterocycles. The van der Waals surface area contributed by atoms with Crippen molar-refractivity contribution in [1.29, 1.82) is 0 Å². The van der Waals surface area contributed by atoms with E-state index in [-0.39, 0.29) is 18.9 Å². The van der Waals surface area contributed by atoms with E-state index in [2.05, 4.69) is 55.6 Å². The maximum absolute atomic E-state index is 13.2. The predicted octanol–water partition coefficient (Wildman–Crippen LogP) is 8.27. The zero-order valence-corrected chi connectivity index (χ0v) is 43.1. The van der Waals surface area contributed by atoms with Crippen molar-refractivity contribution in [2.75, 3.05) is 19.8 Å². The van der Waals surface area contributed by atoms with Gasteiger partial charge in [-0.25, -0.2) is 0 Å². The summed E-state index contributed by atoms with van der Waals surface area (Å²) >= 11 is 0. The van der Waals surface area contributed by atoms with Gasteiger partial charge in [-0.2, -0.15) is 0 Å². The first-order valence-electron chi connectivity index (χ1n) is 27.7. The van der Waals surface area contributed by atoms with Crippen LogP contribution in [0.1, 0.15) is 213 Å². The van der Waals surface area contributed by atoms with Crippen LogP contribution in [0.3, 0.4) is 0 Å².